The number of carbonyl (C=O) groups is 1. The molecule has 1 heterocycles. The normalized spacial score (nSPS) is 10.7. The maximum Gasteiger partial charge on any atom is 0.226 e. The number of ether oxygens (including phenoxy) is 2. The van der Waals surface area contributed by atoms with Gasteiger partial charge in [-0.1, -0.05) is 12.1 Å². The first-order chi connectivity index (χ1) is 12.6. The van der Waals surface area contributed by atoms with Crippen molar-refractivity contribution >= 4 is 16.9 Å². The predicted octanol–water partition coefficient (Wildman–Crippen LogP) is 3.83. The molecule has 5 heteroatoms. The standard InChI is InChI=1S/C21H23NO4/c1-15-4-9-19-16(14-26-20(19)12-15)13-21(23)22(2)10-11-25-18-7-5-17(24-3)6-8-18/h4-9,12,14H,10-11,13H2,1-3H3. The zero-order valence-electron chi connectivity index (χ0n) is 15.3. The summed E-state index contributed by atoms with van der Waals surface area (Å²) in [5.74, 6) is 1.57. The van der Waals surface area contributed by atoms with E-state index in [0.29, 0.717) is 19.6 Å². The van der Waals surface area contributed by atoms with Crippen molar-refractivity contribution in [1.82, 2.24) is 4.90 Å². The minimum Gasteiger partial charge on any atom is -0.497 e. The Balaban J connectivity index is 1.52. The Morgan fingerprint density at radius 2 is 1.85 bits per heavy atom. The summed E-state index contributed by atoms with van der Waals surface area (Å²) in [6.45, 7) is 2.96. The number of amides is 1. The van der Waals surface area contributed by atoms with Crippen LogP contribution in [0.5, 0.6) is 11.5 Å². The third-order valence-corrected chi connectivity index (χ3v) is 4.33. The molecule has 0 N–H and O–H groups in total. The first-order valence-corrected chi connectivity index (χ1v) is 8.54. The molecule has 26 heavy (non-hydrogen) atoms. The van der Waals surface area contributed by atoms with Crippen molar-refractivity contribution in [2.24, 2.45) is 0 Å². The van der Waals surface area contributed by atoms with Gasteiger partial charge in [-0.2, -0.15) is 0 Å². The number of methoxy groups -OCH3 is 1. The zero-order valence-corrected chi connectivity index (χ0v) is 15.3. The molecule has 0 aliphatic rings. The molecule has 0 spiro atoms. The quantitative estimate of drug-likeness (QED) is 0.648. The van der Waals surface area contributed by atoms with Crippen molar-refractivity contribution in [1.29, 1.82) is 0 Å². The number of furan rings is 1. The van der Waals surface area contributed by atoms with Gasteiger partial charge in [0.25, 0.3) is 0 Å². The van der Waals surface area contributed by atoms with E-state index in [1.807, 2.05) is 49.4 Å². The summed E-state index contributed by atoms with van der Waals surface area (Å²) < 4.78 is 16.4. The number of hydrogen-bond acceptors (Lipinski definition) is 4. The van der Waals surface area contributed by atoms with Crippen molar-refractivity contribution in [3.63, 3.8) is 0 Å². The van der Waals surface area contributed by atoms with Crippen LogP contribution in [0.2, 0.25) is 0 Å². The van der Waals surface area contributed by atoms with Crippen LogP contribution in [-0.4, -0.2) is 38.1 Å². The largest absolute Gasteiger partial charge is 0.497 e. The van der Waals surface area contributed by atoms with Crippen molar-refractivity contribution in [3.05, 3.63) is 59.9 Å². The molecule has 2 aromatic carbocycles. The van der Waals surface area contributed by atoms with E-state index in [9.17, 15) is 4.79 Å². The Hall–Kier alpha value is -2.95. The first-order valence-electron chi connectivity index (χ1n) is 8.54. The average Bonchev–Trinajstić information content (AvgIpc) is 3.04. The average molecular weight is 353 g/mol. The highest BCUT2D eigenvalue weighted by molar-refractivity contribution is 5.87. The molecule has 5 nitrogen and oxygen atoms in total. The minimum atomic E-state index is 0.0339. The highest BCUT2D eigenvalue weighted by Crippen LogP contribution is 2.23. The summed E-state index contributed by atoms with van der Waals surface area (Å²) in [7, 11) is 3.41. The molecule has 0 radical (unpaired) electrons. The Morgan fingerprint density at radius 3 is 2.58 bits per heavy atom. The Kier molecular flexibility index (Phi) is 5.46. The highest BCUT2D eigenvalue weighted by Gasteiger charge is 2.14. The number of nitrogens with zero attached hydrogens (tertiary/aromatic N) is 1. The summed E-state index contributed by atoms with van der Waals surface area (Å²) in [6, 6.07) is 13.4. The van der Waals surface area contributed by atoms with Crippen molar-refractivity contribution in [3.8, 4) is 11.5 Å². The van der Waals surface area contributed by atoms with E-state index in [1.54, 1.807) is 25.3 Å². The second-order valence-electron chi connectivity index (χ2n) is 6.28. The number of carbonyl (C=O) groups excluding carboxylic acids is 1. The summed E-state index contributed by atoms with van der Waals surface area (Å²) in [4.78, 5) is 14.1. The Labute approximate surface area is 153 Å². The highest BCUT2D eigenvalue weighted by atomic mass is 16.5. The SMILES string of the molecule is COc1ccc(OCCN(C)C(=O)Cc2coc3cc(C)ccc23)cc1. The molecular weight excluding hydrogens is 330 g/mol. The molecular formula is C21H23NO4. The van der Waals surface area contributed by atoms with Gasteiger partial charge in [0.05, 0.1) is 26.3 Å². The molecule has 0 saturated heterocycles. The summed E-state index contributed by atoms with van der Waals surface area (Å²) in [5, 5.41) is 0.992. The fourth-order valence-electron chi connectivity index (χ4n) is 2.72. The van der Waals surface area contributed by atoms with Crippen LogP contribution in [0.25, 0.3) is 11.0 Å². The molecule has 0 aliphatic carbocycles. The van der Waals surface area contributed by atoms with Gasteiger partial charge in [0, 0.05) is 18.0 Å². The predicted molar refractivity (Wildman–Crippen MR) is 101 cm³/mol. The van der Waals surface area contributed by atoms with Gasteiger partial charge < -0.3 is 18.8 Å². The van der Waals surface area contributed by atoms with Gasteiger partial charge in [-0.3, -0.25) is 4.79 Å². The minimum absolute atomic E-state index is 0.0339. The molecule has 1 amide bonds. The van der Waals surface area contributed by atoms with Gasteiger partial charge in [-0.05, 0) is 42.8 Å². The lowest BCUT2D eigenvalue weighted by Gasteiger charge is -2.17. The van der Waals surface area contributed by atoms with E-state index in [2.05, 4.69) is 0 Å². The van der Waals surface area contributed by atoms with Crippen molar-refractivity contribution < 1.29 is 18.7 Å². The second kappa shape index (κ2) is 7.95. The lowest BCUT2D eigenvalue weighted by atomic mass is 10.1. The number of hydrogen-bond donors (Lipinski definition) is 0. The van der Waals surface area contributed by atoms with E-state index in [1.165, 1.54) is 0 Å². The number of benzene rings is 2. The third-order valence-electron chi connectivity index (χ3n) is 4.33. The van der Waals surface area contributed by atoms with Gasteiger partial charge in [-0.15, -0.1) is 0 Å². The van der Waals surface area contributed by atoms with Crippen LogP contribution in [0.15, 0.2) is 53.1 Å². The monoisotopic (exact) mass is 353 g/mol. The molecule has 0 aliphatic heterocycles. The third kappa shape index (κ3) is 4.17. The summed E-state index contributed by atoms with van der Waals surface area (Å²) >= 11 is 0. The lowest BCUT2D eigenvalue weighted by Crippen LogP contribution is -2.32. The van der Waals surface area contributed by atoms with Gasteiger partial charge in [0.15, 0.2) is 0 Å². The number of aryl methyl sites for hydroxylation is 1. The second-order valence-corrected chi connectivity index (χ2v) is 6.28. The molecule has 136 valence electrons. The maximum atomic E-state index is 12.5. The van der Waals surface area contributed by atoms with Gasteiger partial charge in [0.1, 0.15) is 23.7 Å². The van der Waals surface area contributed by atoms with Gasteiger partial charge >= 0.3 is 0 Å². The van der Waals surface area contributed by atoms with Crippen LogP contribution in [0, 0.1) is 6.92 Å². The van der Waals surface area contributed by atoms with Crippen LogP contribution in [0.1, 0.15) is 11.1 Å². The maximum absolute atomic E-state index is 12.5. The van der Waals surface area contributed by atoms with Gasteiger partial charge in [-0.25, -0.2) is 0 Å². The van der Waals surface area contributed by atoms with E-state index >= 15 is 0 Å². The molecule has 1 aromatic heterocycles. The van der Waals surface area contributed by atoms with Crippen LogP contribution in [0.4, 0.5) is 0 Å². The van der Waals surface area contributed by atoms with Crippen molar-refractivity contribution in [2.45, 2.75) is 13.3 Å². The smallest absolute Gasteiger partial charge is 0.226 e. The molecule has 0 fully saturated rings. The zero-order chi connectivity index (χ0) is 18.5. The summed E-state index contributed by atoms with van der Waals surface area (Å²) in [6.07, 6.45) is 1.98. The molecule has 3 aromatic rings. The van der Waals surface area contributed by atoms with Crippen LogP contribution in [-0.2, 0) is 11.2 Å². The van der Waals surface area contributed by atoms with Crippen LogP contribution in [0.3, 0.4) is 0 Å². The van der Waals surface area contributed by atoms with Crippen LogP contribution < -0.4 is 9.47 Å². The summed E-state index contributed by atoms with van der Waals surface area (Å²) in [5.41, 5.74) is 2.86. The Bertz CT molecular complexity index is 883. The first kappa shape index (κ1) is 17.9. The number of rotatable bonds is 7. The topological polar surface area (TPSA) is 51.9 Å². The number of likely N-dealkylation sites (N-methyl/N-ethyl adjacent to an activating group) is 1. The molecule has 0 saturated carbocycles. The Morgan fingerprint density at radius 1 is 1.12 bits per heavy atom. The van der Waals surface area contributed by atoms with E-state index in [0.717, 1.165) is 33.6 Å². The van der Waals surface area contributed by atoms with Gasteiger partial charge in [0.2, 0.25) is 5.91 Å². The van der Waals surface area contributed by atoms with Crippen molar-refractivity contribution in [2.75, 3.05) is 27.3 Å². The van der Waals surface area contributed by atoms with E-state index in [4.69, 9.17) is 13.9 Å². The molecule has 0 atom stereocenters. The molecule has 0 bridgehead atoms. The fraction of sp³-hybridized carbons (Fsp3) is 0.286. The number of fused-ring (bicyclic) bond motifs is 1. The van der Waals surface area contributed by atoms with E-state index in [-0.39, 0.29) is 5.91 Å². The van der Waals surface area contributed by atoms with E-state index < -0.39 is 0 Å². The lowest BCUT2D eigenvalue weighted by molar-refractivity contribution is -0.129. The van der Waals surface area contributed by atoms with Crippen LogP contribution >= 0.6 is 0 Å². The molecule has 0 unspecified atom stereocenters. The molecule has 3 rings (SSSR count). The fourth-order valence-corrected chi connectivity index (χ4v) is 2.72.